The van der Waals surface area contributed by atoms with Crippen LogP contribution in [0.25, 0.3) is 5.57 Å². The molecule has 0 nitrogen and oxygen atoms in total. The molecule has 0 amide bonds. The summed E-state index contributed by atoms with van der Waals surface area (Å²) in [5.41, 5.74) is 4.05. The van der Waals surface area contributed by atoms with Crippen LogP contribution in [0.5, 0.6) is 0 Å². The van der Waals surface area contributed by atoms with E-state index in [2.05, 4.69) is 56.8 Å². The van der Waals surface area contributed by atoms with Crippen molar-refractivity contribution < 1.29 is 0 Å². The Morgan fingerprint density at radius 2 is 2.08 bits per heavy atom. The van der Waals surface area contributed by atoms with E-state index in [4.69, 9.17) is 0 Å². The maximum Gasteiger partial charge on any atom is -0.00631 e. The zero-order valence-corrected chi connectivity index (χ0v) is 9.14. The van der Waals surface area contributed by atoms with Gasteiger partial charge in [0.15, 0.2) is 0 Å². The third-order valence-corrected chi connectivity index (χ3v) is 2.41. The highest BCUT2D eigenvalue weighted by Gasteiger charge is 1.97. The van der Waals surface area contributed by atoms with E-state index in [0.717, 1.165) is 12.2 Å². The van der Waals surface area contributed by atoms with Crippen LogP contribution in [0.1, 0.15) is 24.5 Å². The highest BCUT2D eigenvalue weighted by molar-refractivity contribution is 7.80. The van der Waals surface area contributed by atoms with Gasteiger partial charge in [-0.15, -0.1) is 0 Å². The number of hydrogen-bond acceptors (Lipinski definition) is 1. The van der Waals surface area contributed by atoms with Crippen molar-refractivity contribution in [3.63, 3.8) is 0 Å². The minimum Gasteiger partial charge on any atom is -0.179 e. The maximum absolute atomic E-state index is 4.19. The van der Waals surface area contributed by atoms with Gasteiger partial charge < -0.3 is 0 Å². The topological polar surface area (TPSA) is 0 Å². The predicted molar refractivity (Wildman–Crippen MR) is 63.3 cm³/mol. The molecular weight excluding hydrogens is 176 g/mol. The lowest BCUT2D eigenvalue weighted by molar-refractivity contribution is 1.24. The SMILES string of the molecule is C/C(=C/CCS)c1ccccc1C. The summed E-state index contributed by atoms with van der Waals surface area (Å²) in [6.45, 7) is 4.30. The number of hydrogen-bond donors (Lipinski definition) is 1. The minimum atomic E-state index is 0.920. The van der Waals surface area contributed by atoms with Crippen LogP contribution in [-0.4, -0.2) is 5.75 Å². The summed E-state index contributed by atoms with van der Waals surface area (Å²) in [7, 11) is 0. The fourth-order valence-electron chi connectivity index (χ4n) is 1.41. The van der Waals surface area contributed by atoms with Crippen LogP contribution in [0.3, 0.4) is 0 Å². The van der Waals surface area contributed by atoms with Crippen molar-refractivity contribution in [3.05, 3.63) is 41.5 Å². The Morgan fingerprint density at radius 3 is 2.69 bits per heavy atom. The fraction of sp³-hybridized carbons (Fsp3) is 0.333. The Kier molecular flexibility index (Phi) is 4.10. The van der Waals surface area contributed by atoms with Gasteiger partial charge in [-0.05, 0) is 42.7 Å². The van der Waals surface area contributed by atoms with E-state index < -0.39 is 0 Å². The Morgan fingerprint density at radius 1 is 1.38 bits per heavy atom. The molecule has 0 spiro atoms. The molecule has 70 valence electrons. The van der Waals surface area contributed by atoms with Gasteiger partial charge >= 0.3 is 0 Å². The van der Waals surface area contributed by atoms with Crippen LogP contribution in [0.2, 0.25) is 0 Å². The van der Waals surface area contributed by atoms with Gasteiger partial charge in [0.1, 0.15) is 0 Å². The molecule has 1 rings (SSSR count). The van der Waals surface area contributed by atoms with Crippen LogP contribution in [0, 0.1) is 6.92 Å². The largest absolute Gasteiger partial charge is 0.179 e. The summed E-state index contributed by atoms with van der Waals surface area (Å²) in [6.07, 6.45) is 3.29. The van der Waals surface area contributed by atoms with Gasteiger partial charge in [0.25, 0.3) is 0 Å². The lowest BCUT2D eigenvalue weighted by Gasteiger charge is -2.05. The normalized spacial score (nSPS) is 11.8. The third kappa shape index (κ3) is 2.92. The van der Waals surface area contributed by atoms with Gasteiger partial charge in [0.05, 0.1) is 0 Å². The molecule has 1 aromatic rings. The summed E-state index contributed by atoms with van der Waals surface area (Å²) >= 11 is 4.19. The van der Waals surface area contributed by atoms with Crippen molar-refractivity contribution in [1.29, 1.82) is 0 Å². The molecule has 0 saturated carbocycles. The van der Waals surface area contributed by atoms with Gasteiger partial charge in [-0.1, -0.05) is 30.3 Å². The molecule has 0 N–H and O–H groups in total. The second-order valence-electron chi connectivity index (χ2n) is 3.21. The monoisotopic (exact) mass is 192 g/mol. The first-order valence-corrected chi connectivity index (χ1v) is 5.22. The highest BCUT2D eigenvalue weighted by Crippen LogP contribution is 2.18. The van der Waals surface area contributed by atoms with E-state index in [0.29, 0.717) is 0 Å². The van der Waals surface area contributed by atoms with E-state index in [9.17, 15) is 0 Å². The van der Waals surface area contributed by atoms with Gasteiger partial charge in [0.2, 0.25) is 0 Å². The molecule has 0 fully saturated rings. The molecule has 0 bridgehead atoms. The average Bonchev–Trinajstić information content (AvgIpc) is 2.15. The van der Waals surface area contributed by atoms with Crippen molar-refractivity contribution >= 4 is 18.2 Å². The maximum atomic E-state index is 4.19. The number of aryl methyl sites for hydroxylation is 1. The van der Waals surface area contributed by atoms with Crippen molar-refractivity contribution in [3.8, 4) is 0 Å². The molecule has 0 radical (unpaired) electrons. The van der Waals surface area contributed by atoms with E-state index in [1.807, 2.05) is 0 Å². The van der Waals surface area contributed by atoms with Crippen LogP contribution in [0.4, 0.5) is 0 Å². The lowest BCUT2D eigenvalue weighted by atomic mass is 10.0. The summed E-state index contributed by atoms with van der Waals surface area (Å²) < 4.78 is 0. The summed E-state index contributed by atoms with van der Waals surface area (Å²) in [4.78, 5) is 0. The van der Waals surface area contributed by atoms with Gasteiger partial charge in [-0.2, -0.15) is 12.6 Å². The second kappa shape index (κ2) is 5.13. The van der Waals surface area contributed by atoms with Crippen LogP contribution < -0.4 is 0 Å². The van der Waals surface area contributed by atoms with Crippen LogP contribution in [-0.2, 0) is 0 Å². The molecule has 0 aliphatic rings. The smallest absolute Gasteiger partial charge is 0.00631 e. The molecule has 0 saturated heterocycles. The molecule has 13 heavy (non-hydrogen) atoms. The van der Waals surface area contributed by atoms with E-state index in [1.165, 1.54) is 16.7 Å². The standard InChI is InChI=1S/C12H16S/c1-10-6-3-4-8-12(10)11(2)7-5-9-13/h3-4,6-8,13H,5,9H2,1-2H3/b11-7-. The number of allylic oxidation sites excluding steroid dienone is 2. The Labute approximate surface area is 86.1 Å². The molecule has 0 atom stereocenters. The minimum absolute atomic E-state index is 0.920. The molecular formula is C12H16S. The first-order chi connectivity index (χ1) is 6.25. The summed E-state index contributed by atoms with van der Waals surface area (Å²) in [5, 5.41) is 0. The number of benzene rings is 1. The number of thiol groups is 1. The summed E-state index contributed by atoms with van der Waals surface area (Å²) in [6, 6.07) is 8.47. The third-order valence-electron chi connectivity index (χ3n) is 2.15. The highest BCUT2D eigenvalue weighted by atomic mass is 32.1. The Balaban J connectivity index is 2.88. The molecule has 0 aliphatic heterocycles. The Hall–Kier alpha value is -0.690. The fourth-order valence-corrected chi connectivity index (χ4v) is 1.54. The van der Waals surface area contributed by atoms with Gasteiger partial charge in [0, 0.05) is 0 Å². The van der Waals surface area contributed by atoms with E-state index >= 15 is 0 Å². The molecule has 0 aliphatic carbocycles. The number of rotatable bonds is 3. The van der Waals surface area contributed by atoms with Crippen molar-refractivity contribution in [2.24, 2.45) is 0 Å². The second-order valence-corrected chi connectivity index (χ2v) is 3.66. The zero-order valence-electron chi connectivity index (χ0n) is 8.25. The van der Waals surface area contributed by atoms with Crippen LogP contribution in [0.15, 0.2) is 30.3 Å². The molecule has 0 aromatic heterocycles. The summed E-state index contributed by atoms with van der Waals surface area (Å²) in [5.74, 6) is 0.920. The molecule has 0 heterocycles. The van der Waals surface area contributed by atoms with Crippen LogP contribution >= 0.6 is 12.6 Å². The van der Waals surface area contributed by atoms with E-state index in [1.54, 1.807) is 0 Å². The van der Waals surface area contributed by atoms with Gasteiger partial charge in [-0.25, -0.2) is 0 Å². The van der Waals surface area contributed by atoms with E-state index in [-0.39, 0.29) is 0 Å². The van der Waals surface area contributed by atoms with Crippen molar-refractivity contribution in [2.75, 3.05) is 5.75 Å². The molecule has 1 aromatic carbocycles. The molecule has 0 unspecified atom stereocenters. The molecule has 1 heteroatoms. The first-order valence-electron chi connectivity index (χ1n) is 4.59. The predicted octanol–water partition coefficient (Wildman–Crippen LogP) is 3.72. The quantitative estimate of drug-likeness (QED) is 0.693. The van der Waals surface area contributed by atoms with Gasteiger partial charge in [-0.3, -0.25) is 0 Å². The van der Waals surface area contributed by atoms with Crippen molar-refractivity contribution in [2.45, 2.75) is 20.3 Å². The lowest BCUT2D eigenvalue weighted by Crippen LogP contribution is -1.84. The average molecular weight is 192 g/mol. The van der Waals surface area contributed by atoms with Crippen molar-refractivity contribution in [1.82, 2.24) is 0 Å². The first kappa shape index (κ1) is 10.4. The Bertz CT molecular complexity index is 300. The zero-order chi connectivity index (χ0) is 9.68.